The number of hydrogen-bond donors (Lipinski definition) is 1. The van der Waals surface area contributed by atoms with Crippen molar-refractivity contribution < 1.29 is 9.32 Å². The van der Waals surface area contributed by atoms with Gasteiger partial charge in [-0.15, -0.1) is 0 Å². The number of nitrogens with zero attached hydrogens (tertiary/aromatic N) is 3. The second-order valence-electron chi connectivity index (χ2n) is 8.63. The number of aryl methyl sites for hydroxylation is 2. The van der Waals surface area contributed by atoms with E-state index < -0.39 is 5.91 Å². The van der Waals surface area contributed by atoms with Gasteiger partial charge in [0.05, 0.1) is 22.3 Å². The molecule has 0 atom stereocenters. The summed E-state index contributed by atoms with van der Waals surface area (Å²) in [7, 11) is 4.08. The summed E-state index contributed by atoms with van der Waals surface area (Å²) >= 11 is 0. The molecular weight excluding hydrogens is 376 g/mol. The monoisotopic (exact) mass is 402 g/mol. The van der Waals surface area contributed by atoms with E-state index in [1.165, 1.54) is 12.8 Å². The van der Waals surface area contributed by atoms with Crippen molar-refractivity contribution in [2.24, 2.45) is 11.7 Å². The maximum Gasteiger partial charge on any atom is 0.250 e. The van der Waals surface area contributed by atoms with E-state index in [1.807, 2.05) is 34.0 Å². The number of carbonyl (C=O) groups excluding carboxylic acids is 1. The summed E-state index contributed by atoms with van der Waals surface area (Å²) in [6.07, 6.45) is 2.47. The quantitative estimate of drug-likeness (QED) is 0.527. The molecule has 0 aliphatic heterocycles. The highest BCUT2D eigenvalue weighted by atomic mass is 16.5. The fraction of sp³-hybridized carbons (Fsp3) is 0.333. The number of nitrogens with two attached hydrogens (primary N) is 1. The van der Waals surface area contributed by atoms with Gasteiger partial charge in [0, 0.05) is 42.7 Å². The summed E-state index contributed by atoms with van der Waals surface area (Å²) < 4.78 is 7.68. The highest BCUT2D eigenvalue weighted by molar-refractivity contribution is 6.17. The van der Waals surface area contributed by atoms with Crippen LogP contribution >= 0.6 is 0 Å². The van der Waals surface area contributed by atoms with Crippen molar-refractivity contribution in [1.82, 2.24) is 9.72 Å². The van der Waals surface area contributed by atoms with Crippen LogP contribution in [0.5, 0.6) is 0 Å². The van der Waals surface area contributed by atoms with Crippen molar-refractivity contribution in [3.8, 4) is 11.1 Å². The molecule has 0 bridgehead atoms. The summed E-state index contributed by atoms with van der Waals surface area (Å²) in [6, 6.07) is 10.5. The predicted molar refractivity (Wildman–Crippen MR) is 120 cm³/mol. The number of carbonyl (C=O) groups is 1. The topological polar surface area (TPSA) is 77.3 Å². The summed E-state index contributed by atoms with van der Waals surface area (Å²) in [5.74, 6) is 0.981. The van der Waals surface area contributed by atoms with E-state index in [9.17, 15) is 4.79 Å². The van der Waals surface area contributed by atoms with Crippen LogP contribution in [0.4, 0.5) is 5.69 Å². The Morgan fingerprint density at radius 2 is 1.97 bits per heavy atom. The molecule has 2 N–H and O–H groups in total. The molecule has 30 heavy (non-hydrogen) atoms. The van der Waals surface area contributed by atoms with Gasteiger partial charge in [-0.05, 0) is 62.4 Å². The standard InChI is InChI=1S/C24H26N4O2/c1-13-22(14(2)30-26-13)16-9-19-18-8-7-17(27(3)4)11-21(18)28(12-15-5-6-15)23(19)20(10-16)24(25)29/h7-11,15H,5-6,12H2,1-4H3,(H2,25,29). The lowest BCUT2D eigenvalue weighted by molar-refractivity contribution is 0.100. The number of primary amides is 1. The van der Waals surface area contributed by atoms with Crippen LogP contribution in [-0.2, 0) is 6.54 Å². The number of fused-ring (bicyclic) bond motifs is 3. The third-order valence-electron chi connectivity index (χ3n) is 6.18. The first kappa shape index (κ1) is 18.7. The zero-order valence-corrected chi connectivity index (χ0v) is 17.8. The van der Waals surface area contributed by atoms with Crippen molar-refractivity contribution >= 4 is 33.4 Å². The molecule has 1 saturated carbocycles. The minimum absolute atomic E-state index is 0.415. The Morgan fingerprint density at radius 3 is 2.57 bits per heavy atom. The fourth-order valence-corrected chi connectivity index (χ4v) is 4.48. The van der Waals surface area contributed by atoms with Crippen LogP contribution in [0, 0.1) is 19.8 Å². The van der Waals surface area contributed by atoms with Gasteiger partial charge in [0.2, 0.25) is 0 Å². The van der Waals surface area contributed by atoms with Gasteiger partial charge in [0.15, 0.2) is 0 Å². The first-order valence-electron chi connectivity index (χ1n) is 10.4. The molecule has 1 aliphatic rings. The smallest absolute Gasteiger partial charge is 0.250 e. The molecule has 154 valence electrons. The van der Waals surface area contributed by atoms with Crippen molar-refractivity contribution in [3.05, 3.63) is 47.3 Å². The molecule has 1 amide bonds. The van der Waals surface area contributed by atoms with Gasteiger partial charge in [-0.25, -0.2) is 0 Å². The molecule has 6 nitrogen and oxygen atoms in total. The van der Waals surface area contributed by atoms with E-state index in [1.54, 1.807) is 0 Å². The van der Waals surface area contributed by atoms with Crippen LogP contribution in [0.1, 0.15) is 34.7 Å². The molecule has 0 unspecified atom stereocenters. The first-order chi connectivity index (χ1) is 14.3. The van der Waals surface area contributed by atoms with E-state index in [2.05, 4.69) is 38.9 Å². The number of benzene rings is 2. The summed E-state index contributed by atoms with van der Waals surface area (Å²) in [4.78, 5) is 14.7. The van der Waals surface area contributed by atoms with Gasteiger partial charge in [-0.3, -0.25) is 4.79 Å². The predicted octanol–water partition coefficient (Wildman–Crippen LogP) is 4.64. The molecule has 0 radical (unpaired) electrons. The number of anilines is 1. The second-order valence-corrected chi connectivity index (χ2v) is 8.63. The fourth-order valence-electron chi connectivity index (χ4n) is 4.48. The van der Waals surface area contributed by atoms with Gasteiger partial charge >= 0.3 is 0 Å². The average molecular weight is 402 g/mol. The number of aromatic nitrogens is 2. The van der Waals surface area contributed by atoms with E-state index in [0.29, 0.717) is 11.5 Å². The number of amides is 1. The summed E-state index contributed by atoms with van der Waals surface area (Å²) in [5, 5.41) is 6.27. The third kappa shape index (κ3) is 2.86. The lowest BCUT2D eigenvalue weighted by Gasteiger charge is -2.14. The Morgan fingerprint density at radius 1 is 1.20 bits per heavy atom. The van der Waals surface area contributed by atoms with Crippen LogP contribution in [0.25, 0.3) is 32.9 Å². The van der Waals surface area contributed by atoms with Crippen LogP contribution in [0.3, 0.4) is 0 Å². The minimum Gasteiger partial charge on any atom is -0.378 e. The highest BCUT2D eigenvalue weighted by Crippen LogP contribution is 2.40. The maximum absolute atomic E-state index is 12.6. The zero-order valence-electron chi connectivity index (χ0n) is 17.8. The van der Waals surface area contributed by atoms with E-state index in [0.717, 1.165) is 56.6 Å². The van der Waals surface area contributed by atoms with Crippen molar-refractivity contribution in [3.63, 3.8) is 0 Å². The second kappa shape index (κ2) is 6.62. The molecule has 4 aromatic rings. The van der Waals surface area contributed by atoms with E-state index >= 15 is 0 Å². The first-order valence-corrected chi connectivity index (χ1v) is 10.4. The van der Waals surface area contributed by atoms with E-state index in [-0.39, 0.29) is 0 Å². The molecule has 2 aromatic heterocycles. The molecule has 1 fully saturated rings. The summed E-state index contributed by atoms with van der Waals surface area (Å²) in [6.45, 7) is 4.71. The average Bonchev–Trinajstić information content (AvgIpc) is 3.40. The van der Waals surface area contributed by atoms with Gasteiger partial charge < -0.3 is 19.7 Å². The van der Waals surface area contributed by atoms with Crippen molar-refractivity contribution in [1.29, 1.82) is 0 Å². The maximum atomic E-state index is 12.6. The molecular formula is C24H26N4O2. The summed E-state index contributed by atoms with van der Waals surface area (Å²) in [5.41, 5.74) is 12.3. The molecule has 2 aromatic carbocycles. The Bertz CT molecular complexity index is 1290. The number of hydrogen-bond acceptors (Lipinski definition) is 4. The van der Waals surface area contributed by atoms with Gasteiger partial charge in [-0.1, -0.05) is 11.2 Å². The van der Waals surface area contributed by atoms with Crippen LogP contribution in [-0.4, -0.2) is 29.7 Å². The van der Waals surface area contributed by atoms with Crippen LogP contribution in [0.2, 0.25) is 0 Å². The van der Waals surface area contributed by atoms with Crippen molar-refractivity contribution in [2.45, 2.75) is 33.2 Å². The Balaban J connectivity index is 1.89. The van der Waals surface area contributed by atoms with Crippen LogP contribution < -0.4 is 10.6 Å². The van der Waals surface area contributed by atoms with Crippen LogP contribution in [0.15, 0.2) is 34.9 Å². The lowest BCUT2D eigenvalue weighted by Crippen LogP contribution is -2.14. The molecule has 0 saturated heterocycles. The molecule has 5 rings (SSSR count). The van der Waals surface area contributed by atoms with Gasteiger partial charge in [0.1, 0.15) is 5.76 Å². The third-order valence-corrected chi connectivity index (χ3v) is 6.18. The van der Waals surface area contributed by atoms with E-state index in [4.69, 9.17) is 10.3 Å². The molecule has 0 spiro atoms. The number of rotatable bonds is 5. The van der Waals surface area contributed by atoms with Crippen molar-refractivity contribution in [2.75, 3.05) is 19.0 Å². The van der Waals surface area contributed by atoms with Gasteiger partial charge in [0.25, 0.3) is 5.91 Å². The SMILES string of the molecule is Cc1noc(C)c1-c1cc(C(N)=O)c2c(c1)c1ccc(N(C)C)cc1n2CC1CC1. The molecule has 2 heterocycles. The zero-order chi connectivity index (χ0) is 21.2. The Hall–Kier alpha value is -3.28. The molecule has 6 heteroatoms. The lowest BCUT2D eigenvalue weighted by atomic mass is 9.97. The largest absolute Gasteiger partial charge is 0.378 e. The van der Waals surface area contributed by atoms with Gasteiger partial charge in [-0.2, -0.15) is 0 Å². The Kier molecular flexibility index (Phi) is 4.13. The minimum atomic E-state index is -0.415. The Labute approximate surface area is 175 Å². The molecule has 1 aliphatic carbocycles. The highest BCUT2D eigenvalue weighted by Gasteiger charge is 2.26. The normalized spacial score (nSPS) is 14.0.